The summed E-state index contributed by atoms with van der Waals surface area (Å²) < 4.78 is 2.91. The Kier molecular flexibility index (Phi) is 5.03. The maximum atomic E-state index is 12.0. The lowest BCUT2D eigenvalue weighted by atomic mass is 10.2. The molecule has 0 saturated carbocycles. The van der Waals surface area contributed by atoms with Gasteiger partial charge >= 0.3 is 0 Å². The third-order valence-electron chi connectivity index (χ3n) is 3.79. The lowest BCUT2D eigenvalue weighted by Crippen LogP contribution is -2.36. The quantitative estimate of drug-likeness (QED) is 0.737. The number of hydrogen-bond donors (Lipinski definition) is 1. The predicted molar refractivity (Wildman–Crippen MR) is 103 cm³/mol. The number of para-hydroxylation sites is 1. The number of benzene rings is 1. The van der Waals surface area contributed by atoms with Gasteiger partial charge in [-0.15, -0.1) is 0 Å². The Balaban J connectivity index is 1.83. The monoisotopic (exact) mass is 357 g/mol. The summed E-state index contributed by atoms with van der Waals surface area (Å²) in [6.07, 6.45) is 0. The summed E-state index contributed by atoms with van der Waals surface area (Å²) in [5, 5.41) is 8.35. The van der Waals surface area contributed by atoms with E-state index in [4.69, 9.17) is 4.98 Å². The van der Waals surface area contributed by atoms with E-state index in [1.807, 2.05) is 53.9 Å². The molecule has 0 aliphatic carbocycles. The number of rotatable bonds is 6. The number of carbonyl (C=O) groups excluding carboxylic acids is 1. The lowest BCUT2D eigenvalue weighted by Gasteiger charge is -2.16. The van der Waals surface area contributed by atoms with Crippen LogP contribution in [0.2, 0.25) is 0 Å². The van der Waals surface area contributed by atoms with Gasteiger partial charge in [0.25, 0.3) is 0 Å². The van der Waals surface area contributed by atoms with Gasteiger partial charge in [0.15, 0.2) is 10.8 Å². The van der Waals surface area contributed by atoms with Crippen molar-refractivity contribution in [3.8, 4) is 5.69 Å². The van der Waals surface area contributed by atoms with Crippen LogP contribution in [0.3, 0.4) is 0 Å². The molecule has 1 N–H and O–H groups in total. The van der Waals surface area contributed by atoms with Crippen molar-refractivity contribution in [1.29, 1.82) is 0 Å². The number of nitrogens with zero attached hydrogens (tertiary/aromatic N) is 4. The molecule has 0 aliphatic rings. The van der Waals surface area contributed by atoms with Crippen LogP contribution in [-0.4, -0.2) is 40.8 Å². The molecule has 25 heavy (non-hydrogen) atoms. The van der Waals surface area contributed by atoms with Crippen molar-refractivity contribution in [2.45, 2.75) is 20.8 Å². The zero-order valence-corrected chi connectivity index (χ0v) is 15.8. The van der Waals surface area contributed by atoms with E-state index in [-0.39, 0.29) is 5.91 Å². The minimum atomic E-state index is 0.0110. The highest BCUT2D eigenvalue weighted by Gasteiger charge is 2.18. The number of amides is 1. The van der Waals surface area contributed by atoms with E-state index in [2.05, 4.69) is 24.3 Å². The van der Waals surface area contributed by atoms with Crippen molar-refractivity contribution in [2.75, 3.05) is 25.0 Å². The van der Waals surface area contributed by atoms with E-state index in [0.717, 1.165) is 26.9 Å². The van der Waals surface area contributed by atoms with Crippen LogP contribution in [0.1, 0.15) is 19.5 Å². The maximum absolute atomic E-state index is 12.0. The second-order valence-corrected chi connectivity index (χ2v) is 7.51. The van der Waals surface area contributed by atoms with Gasteiger partial charge in [-0.3, -0.25) is 4.79 Å². The van der Waals surface area contributed by atoms with Crippen molar-refractivity contribution in [3.63, 3.8) is 0 Å². The summed E-state index contributed by atoms with van der Waals surface area (Å²) in [5.74, 6) is 0.452. The Labute approximate surface area is 151 Å². The molecule has 2 heterocycles. The van der Waals surface area contributed by atoms with Crippen LogP contribution in [0.25, 0.3) is 16.0 Å². The normalized spacial score (nSPS) is 11.2. The highest BCUT2D eigenvalue weighted by atomic mass is 32.1. The summed E-state index contributed by atoms with van der Waals surface area (Å²) in [5.41, 5.74) is 2.76. The van der Waals surface area contributed by atoms with Gasteiger partial charge in [-0.1, -0.05) is 43.4 Å². The molecule has 0 atom stereocenters. The summed E-state index contributed by atoms with van der Waals surface area (Å²) in [4.78, 5) is 18.7. The zero-order valence-electron chi connectivity index (χ0n) is 15.0. The van der Waals surface area contributed by atoms with Crippen molar-refractivity contribution in [2.24, 2.45) is 5.92 Å². The number of fused-ring (bicyclic) bond motifs is 1. The van der Waals surface area contributed by atoms with Gasteiger partial charge in [-0.25, -0.2) is 4.68 Å². The first-order valence-electron chi connectivity index (χ1n) is 8.35. The van der Waals surface area contributed by atoms with Gasteiger partial charge in [-0.05, 0) is 25.0 Å². The number of hydrogen-bond acceptors (Lipinski definition) is 5. The number of thiazole rings is 1. The number of aromatic nitrogens is 3. The Morgan fingerprint density at radius 1 is 1.32 bits per heavy atom. The van der Waals surface area contributed by atoms with Gasteiger partial charge in [-0.2, -0.15) is 10.1 Å². The first-order valence-corrected chi connectivity index (χ1v) is 9.16. The molecule has 0 aliphatic heterocycles. The van der Waals surface area contributed by atoms with Crippen molar-refractivity contribution in [3.05, 3.63) is 36.0 Å². The first kappa shape index (κ1) is 17.4. The van der Waals surface area contributed by atoms with E-state index in [1.54, 1.807) is 11.3 Å². The minimum absolute atomic E-state index is 0.0110. The van der Waals surface area contributed by atoms with Gasteiger partial charge in [0.05, 0.1) is 22.6 Å². The Bertz CT molecular complexity index is 868. The molecule has 132 valence electrons. The Hall–Kier alpha value is -2.41. The van der Waals surface area contributed by atoms with Crippen molar-refractivity contribution >= 4 is 32.7 Å². The van der Waals surface area contributed by atoms with Gasteiger partial charge in [0, 0.05) is 13.6 Å². The maximum Gasteiger partial charge on any atom is 0.239 e. The third-order valence-corrected chi connectivity index (χ3v) is 5.06. The molecule has 6 nitrogen and oxygen atoms in total. The molecule has 0 spiro atoms. The highest BCUT2D eigenvalue weighted by Crippen LogP contribution is 2.31. The predicted octanol–water partition coefficient (Wildman–Crippen LogP) is 3.00. The molecule has 3 aromatic rings. The molecule has 3 rings (SSSR count). The molecule has 1 aromatic carbocycles. The minimum Gasteiger partial charge on any atom is -0.354 e. The average Bonchev–Trinajstić information content (AvgIpc) is 3.15. The fourth-order valence-corrected chi connectivity index (χ4v) is 3.44. The molecule has 0 saturated heterocycles. The van der Waals surface area contributed by atoms with Crippen LogP contribution in [0, 0.1) is 12.8 Å². The topological polar surface area (TPSA) is 63.1 Å². The SMILES string of the molecule is Cc1nn(-c2ccccc2)c2nc(N(C)CC(=O)NCC(C)C)sc12. The lowest BCUT2D eigenvalue weighted by molar-refractivity contribution is -0.119. The van der Waals surface area contributed by atoms with E-state index in [1.165, 1.54) is 0 Å². The molecule has 7 heteroatoms. The average molecular weight is 357 g/mol. The van der Waals surface area contributed by atoms with E-state index < -0.39 is 0 Å². The summed E-state index contributed by atoms with van der Waals surface area (Å²) in [6, 6.07) is 9.96. The number of nitrogens with one attached hydrogen (secondary N) is 1. The van der Waals surface area contributed by atoms with Gasteiger partial charge in [0.1, 0.15) is 0 Å². The number of carbonyl (C=O) groups is 1. The van der Waals surface area contributed by atoms with Crippen molar-refractivity contribution < 1.29 is 4.79 Å². The summed E-state index contributed by atoms with van der Waals surface area (Å²) >= 11 is 1.57. The molecule has 0 radical (unpaired) electrons. The van der Waals surface area contributed by atoms with E-state index in [9.17, 15) is 4.79 Å². The second-order valence-electron chi connectivity index (χ2n) is 6.54. The smallest absolute Gasteiger partial charge is 0.239 e. The second kappa shape index (κ2) is 7.23. The summed E-state index contributed by atoms with van der Waals surface area (Å²) in [6.45, 7) is 7.12. The van der Waals surface area contributed by atoms with Crippen LogP contribution in [0.5, 0.6) is 0 Å². The number of aryl methyl sites for hydroxylation is 1. The molecule has 1 amide bonds. The van der Waals surface area contributed by atoms with E-state index >= 15 is 0 Å². The third kappa shape index (κ3) is 3.82. The molecule has 0 unspecified atom stereocenters. The number of anilines is 1. The van der Waals surface area contributed by atoms with Crippen LogP contribution >= 0.6 is 11.3 Å². The fourth-order valence-electron chi connectivity index (χ4n) is 2.49. The standard InChI is InChI=1S/C18H23N5OS/c1-12(2)10-19-15(24)11-22(4)18-20-17-16(25-18)13(3)21-23(17)14-8-6-5-7-9-14/h5-9,12H,10-11H2,1-4H3,(H,19,24). The zero-order chi connectivity index (χ0) is 18.0. The summed E-state index contributed by atoms with van der Waals surface area (Å²) in [7, 11) is 1.89. The largest absolute Gasteiger partial charge is 0.354 e. The van der Waals surface area contributed by atoms with Crippen LogP contribution in [0.4, 0.5) is 5.13 Å². The van der Waals surface area contributed by atoms with Crippen LogP contribution < -0.4 is 10.2 Å². The first-order chi connectivity index (χ1) is 12.0. The van der Waals surface area contributed by atoms with Crippen molar-refractivity contribution in [1.82, 2.24) is 20.1 Å². The Morgan fingerprint density at radius 2 is 2.04 bits per heavy atom. The van der Waals surface area contributed by atoms with Gasteiger partial charge in [0.2, 0.25) is 5.91 Å². The van der Waals surface area contributed by atoms with Gasteiger partial charge < -0.3 is 10.2 Å². The highest BCUT2D eigenvalue weighted by molar-refractivity contribution is 7.22. The van der Waals surface area contributed by atoms with Crippen LogP contribution in [-0.2, 0) is 4.79 Å². The number of likely N-dealkylation sites (N-methyl/N-ethyl adjacent to an activating group) is 1. The van der Waals surface area contributed by atoms with Crippen LogP contribution in [0.15, 0.2) is 30.3 Å². The molecular formula is C18H23N5OS. The molecule has 0 bridgehead atoms. The Morgan fingerprint density at radius 3 is 2.72 bits per heavy atom. The molecule has 2 aromatic heterocycles. The molecule has 0 fully saturated rings. The molecular weight excluding hydrogens is 334 g/mol. The fraction of sp³-hybridized carbons (Fsp3) is 0.389. The van der Waals surface area contributed by atoms with E-state index in [0.29, 0.717) is 19.0 Å².